The summed E-state index contributed by atoms with van der Waals surface area (Å²) in [6.45, 7) is 5.61. The molecule has 2 heterocycles. The Morgan fingerprint density at radius 1 is 1.65 bits per heavy atom. The number of aromatic nitrogens is 2. The van der Waals surface area contributed by atoms with Crippen molar-refractivity contribution in [3.05, 3.63) is 10.6 Å². The van der Waals surface area contributed by atoms with Crippen LogP contribution in [0.15, 0.2) is 0 Å². The number of hydrogen-bond acceptors (Lipinski definition) is 4. The van der Waals surface area contributed by atoms with Gasteiger partial charge in [-0.05, 0) is 29.8 Å². The topological polar surface area (TPSA) is 46.1 Å². The molecule has 4 nitrogen and oxygen atoms in total. The molecule has 1 saturated heterocycles. The fourth-order valence-corrected chi connectivity index (χ4v) is 3.05. The highest BCUT2D eigenvalue weighted by atomic mass is 35.5. The van der Waals surface area contributed by atoms with E-state index < -0.39 is 0 Å². The lowest BCUT2D eigenvalue weighted by atomic mass is 10.1. The van der Waals surface area contributed by atoms with Gasteiger partial charge in [0.05, 0.1) is 5.69 Å². The first-order chi connectivity index (χ1) is 8.13. The molecule has 1 aromatic heterocycles. The van der Waals surface area contributed by atoms with E-state index in [9.17, 15) is 4.79 Å². The smallest absolute Gasteiger partial charge is 0.267 e. The van der Waals surface area contributed by atoms with Crippen LogP contribution in [0, 0.1) is 5.92 Å². The lowest BCUT2D eigenvalue weighted by Gasteiger charge is -2.15. The van der Waals surface area contributed by atoms with Crippen molar-refractivity contribution >= 4 is 29.0 Å². The second kappa shape index (κ2) is 5.31. The number of hydrogen-bond donors (Lipinski definition) is 0. The molecule has 0 saturated carbocycles. The fourth-order valence-electron chi connectivity index (χ4n) is 2.01. The Morgan fingerprint density at radius 3 is 3.00 bits per heavy atom. The van der Waals surface area contributed by atoms with E-state index in [1.807, 2.05) is 18.7 Å². The minimum absolute atomic E-state index is 0.0660. The first kappa shape index (κ1) is 12.8. The Balaban J connectivity index is 2.12. The predicted molar refractivity (Wildman–Crippen MR) is 68.7 cm³/mol. The van der Waals surface area contributed by atoms with Gasteiger partial charge in [-0.1, -0.05) is 18.3 Å². The van der Waals surface area contributed by atoms with Crippen LogP contribution in [-0.4, -0.2) is 39.4 Å². The summed E-state index contributed by atoms with van der Waals surface area (Å²) < 4.78 is 3.89. The van der Waals surface area contributed by atoms with Crippen LogP contribution in [0.3, 0.4) is 0 Å². The number of amides is 1. The van der Waals surface area contributed by atoms with Crippen molar-refractivity contribution in [3.8, 4) is 0 Å². The van der Waals surface area contributed by atoms with Gasteiger partial charge in [-0.15, -0.1) is 16.7 Å². The summed E-state index contributed by atoms with van der Waals surface area (Å²) in [5.74, 6) is 1.36. The number of halogens is 1. The Hall–Kier alpha value is -0.680. The SMILES string of the molecule is CC(C)c1nnsc1C(=O)N1CCC(CCl)C1. The van der Waals surface area contributed by atoms with E-state index in [2.05, 4.69) is 9.59 Å². The highest BCUT2D eigenvalue weighted by Crippen LogP contribution is 2.25. The zero-order valence-electron chi connectivity index (χ0n) is 10.0. The summed E-state index contributed by atoms with van der Waals surface area (Å²) >= 11 is 7.02. The molecule has 0 aliphatic carbocycles. The van der Waals surface area contributed by atoms with Crippen LogP contribution >= 0.6 is 23.1 Å². The van der Waals surface area contributed by atoms with Crippen LogP contribution in [0.4, 0.5) is 0 Å². The molecule has 6 heteroatoms. The number of carbonyl (C=O) groups is 1. The third-order valence-electron chi connectivity index (χ3n) is 3.05. The van der Waals surface area contributed by atoms with E-state index in [4.69, 9.17) is 11.6 Å². The Kier molecular flexibility index (Phi) is 3.99. The van der Waals surface area contributed by atoms with Gasteiger partial charge in [-0.2, -0.15) is 0 Å². The fraction of sp³-hybridized carbons (Fsp3) is 0.727. The molecule has 0 aromatic carbocycles. The van der Waals surface area contributed by atoms with Crippen molar-refractivity contribution in [2.24, 2.45) is 5.92 Å². The summed E-state index contributed by atoms with van der Waals surface area (Å²) in [5.41, 5.74) is 0.814. The summed E-state index contributed by atoms with van der Waals surface area (Å²) in [5, 5.41) is 4.04. The van der Waals surface area contributed by atoms with Gasteiger partial charge in [0, 0.05) is 19.0 Å². The van der Waals surface area contributed by atoms with E-state index in [1.54, 1.807) is 0 Å². The highest BCUT2D eigenvalue weighted by Gasteiger charge is 2.29. The largest absolute Gasteiger partial charge is 0.338 e. The van der Waals surface area contributed by atoms with Crippen molar-refractivity contribution in [3.63, 3.8) is 0 Å². The van der Waals surface area contributed by atoms with Crippen molar-refractivity contribution < 1.29 is 4.79 Å². The maximum atomic E-state index is 12.3. The molecule has 0 radical (unpaired) electrons. The third-order valence-corrected chi connectivity index (χ3v) is 4.21. The number of nitrogens with zero attached hydrogens (tertiary/aromatic N) is 3. The van der Waals surface area contributed by atoms with Gasteiger partial charge < -0.3 is 4.90 Å². The second-order valence-corrected chi connectivity index (χ2v) is 5.76. The first-order valence-corrected chi connectivity index (χ1v) is 7.11. The number of rotatable bonds is 3. The van der Waals surface area contributed by atoms with Gasteiger partial charge in [0.15, 0.2) is 0 Å². The molecule has 2 rings (SSSR count). The molecule has 0 N–H and O–H groups in total. The van der Waals surface area contributed by atoms with Gasteiger partial charge in [0.25, 0.3) is 5.91 Å². The molecule has 1 unspecified atom stereocenters. The maximum Gasteiger partial charge on any atom is 0.267 e. The van der Waals surface area contributed by atoms with Crippen molar-refractivity contribution in [2.75, 3.05) is 19.0 Å². The monoisotopic (exact) mass is 273 g/mol. The van der Waals surface area contributed by atoms with Crippen LogP contribution in [-0.2, 0) is 0 Å². The van der Waals surface area contributed by atoms with Crippen LogP contribution in [0.1, 0.15) is 41.6 Å². The van der Waals surface area contributed by atoms with Gasteiger partial charge in [-0.25, -0.2) is 0 Å². The lowest BCUT2D eigenvalue weighted by Crippen LogP contribution is -2.29. The Bertz CT molecular complexity index is 407. The Morgan fingerprint density at radius 2 is 2.41 bits per heavy atom. The molecular weight excluding hydrogens is 258 g/mol. The van der Waals surface area contributed by atoms with Crippen molar-refractivity contribution in [2.45, 2.75) is 26.2 Å². The average Bonchev–Trinajstić information content (AvgIpc) is 2.97. The van der Waals surface area contributed by atoms with Gasteiger partial charge >= 0.3 is 0 Å². The highest BCUT2D eigenvalue weighted by molar-refractivity contribution is 7.08. The minimum atomic E-state index is 0.0660. The standard InChI is InChI=1S/C11H16ClN3OS/c1-7(2)9-10(17-14-13-9)11(16)15-4-3-8(5-12)6-15/h7-8H,3-6H2,1-2H3. The maximum absolute atomic E-state index is 12.3. The average molecular weight is 274 g/mol. The molecular formula is C11H16ClN3OS. The summed E-state index contributed by atoms with van der Waals surface area (Å²) in [6.07, 6.45) is 0.998. The molecule has 1 aliphatic rings. The molecule has 0 spiro atoms. The van der Waals surface area contributed by atoms with E-state index in [1.165, 1.54) is 11.5 Å². The van der Waals surface area contributed by atoms with Crippen LogP contribution < -0.4 is 0 Å². The third kappa shape index (κ3) is 2.60. The van der Waals surface area contributed by atoms with Crippen molar-refractivity contribution in [1.29, 1.82) is 0 Å². The molecule has 1 fully saturated rings. The molecule has 94 valence electrons. The summed E-state index contributed by atoms with van der Waals surface area (Å²) in [7, 11) is 0. The predicted octanol–water partition coefficient (Wildman–Crippen LogP) is 2.36. The molecule has 1 amide bonds. The van der Waals surface area contributed by atoms with E-state index in [0.29, 0.717) is 16.7 Å². The van der Waals surface area contributed by atoms with Crippen molar-refractivity contribution in [1.82, 2.24) is 14.5 Å². The van der Waals surface area contributed by atoms with Gasteiger partial charge in [0.2, 0.25) is 0 Å². The minimum Gasteiger partial charge on any atom is -0.338 e. The normalized spacial score (nSPS) is 20.2. The van der Waals surface area contributed by atoms with E-state index in [-0.39, 0.29) is 11.8 Å². The summed E-state index contributed by atoms with van der Waals surface area (Å²) in [6, 6.07) is 0. The van der Waals surface area contributed by atoms with E-state index in [0.717, 1.165) is 25.2 Å². The quantitative estimate of drug-likeness (QED) is 0.795. The second-order valence-electron chi connectivity index (χ2n) is 4.70. The summed E-state index contributed by atoms with van der Waals surface area (Å²) in [4.78, 5) is 14.9. The number of likely N-dealkylation sites (tertiary alicyclic amines) is 1. The van der Waals surface area contributed by atoms with Gasteiger partial charge in [-0.3, -0.25) is 4.79 Å². The number of carbonyl (C=O) groups excluding carboxylic acids is 1. The molecule has 0 bridgehead atoms. The zero-order valence-corrected chi connectivity index (χ0v) is 11.6. The van der Waals surface area contributed by atoms with E-state index >= 15 is 0 Å². The lowest BCUT2D eigenvalue weighted by molar-refractivity contribution is 0.0791. The van der Waals surface area contributed by atoms with Crippen LogP contribution in [0.25, 0.3) is 0 Å². The molecule has 1 aliphatic heterocycles. The van der Waals surface area contributed by atoms with Crippen LogP contribution in [0.5, 0.6) is 0 Å². The van der Waals surface area contributed by atoms with Crippen LogP contribution in [0.2, 0.25) is 0 Å². The molecule has 1 aromatic rings. The molecule has 17 heavy (non-hydrogen) atoms. The first-order valence-electron chi connectivity index (χ1n) is 5.81. The zero-order chi connectivity index (χ0) is 12.4. The number of alkyl halides is 1. The molecule has 1 atom stereocenters. The Labute approximate surface area is 110 Å². The van der Waals surface area contributed by atoms with Gasteiger partial charge in [0.1, 0.15) is 4.88 Å².